The normalized spacial score (nSPS) is 19.2. The SMILES string of the molecule is CO[C@H]1CN(c2cccc(-c3cccc(C)c3OCc3ccc4c(c3)CCNC4)n2)CC[C@H]1C(=O)OC(C)(C)C. The minimum Gasteiger partial charge on any atom is -0.488 e. The minimum atomic E-state index is -0.520. The molecular weight excluding hydrogens is 502 g/mol. The van der Waals surface area contributed by atoms with E-state index in [0.29, 0.717) is 26.1 Å². The Labute approximate surface area is 237 Å². The first-order valence-corrected chi connectivity index (χ1v) is 14.2. The summed E-state index contributed by atoms with van der Waals surface area (Å²) >= 11 is 0. The highest BCUT2D eigenvalue weighted by molar-refractivity contribution is 5.74. The summed E-state index contributed by atoms with van der Waals surface area (Å²) in [7, 11) is 1.66. The molecule has 212 valence electrons. The summed E-state index contributed by atoms with van der Waals surface area (Å²) in [5.74, 6) is 1.22. The molecule has 1 N–H and O–H groups in total. The van der Waals surface area contributed by atoms with E-state index in [1.54, 1.807) is 7.11 Å². The topological polar surface area (TPSA) is 72.9 Å². The average Bonchev–Trinajstić information content (AvgIpc) is 2.95. The van der Waals surface area contributed by atoms with Crippen molar-refractivity contribution in [3.05, 3.63) is 76.9 Å². The molecule has 0 unspecified atom stereocenters. The summed E-state index contributed by atoms with van der Waals surface area (Å²) in [5.41, 5.74) is 6.33. The lowest BCUT2D eigenvalue weighted by atomic mass is 9.93. The predicted octanol–water partition coefficient (Wildman–Crippen LogP) is 5.46. The number of aryl methyl sites for hydroxylation is 1. The van der Waals surface area contributed by atoms with E-state index in [2.05, 4.69) is 47.5 Å². The van der Waals surface area contributed by atoms with Crippen molar-refractivity contribution >= 4 is 11.8 Å². The van der Waals surface area contributed by atoms with Crippen LogP contribution in [0.1, 0.15) is 49.4 Å². The third-order valence-corrected chi connectivity index (χ3v) is 7.66. The Morgan fingerprint density at radius 2 is 1.93 bits per heavy atom. The van der Waals surface area contributed by atoms with Crippen LogP contribution in [-0.2, 0) is 33.8 Å². The first kappa shape index (κ1) is 28.1. The van der Waals surface area contributed by atoms with Crippen LogP contribution in [0.3, 0.4) is 0 Å². The number of fused-ring (bicyclic) bond motifs is 1. The van der Waals surface area contributed by atoms with Gasteiger partial charge in [0.25, 0.3) is 0 Å². The minimum absolute atomic E-state index is 0.196. The second kappa shape index (κ2) is 12.0. The summed E-state index contributed by atoms with van der Waals surface area (Å²) in [6.45, 7) is 11.5. The van der Waals surface area contributed by atoms with Crippen molar-refractivity contribution in [2.45, 2.75) is 65.4 Å². The molecule has 2 atom stereocenters. The molecule has 0 radical (unpaired) electrons. The van der Waals surface area contributed by atoms with Crippen LogP contribution in [0.2, 0.25) is 0 Å². The summed E-state index contributed by atoms with van der Waals surface area (Å²) in [6, 6.07) is 18.9. The van der Waals surface area contributed by atoms with Crippen LogP contribution in [0.4, 0.5) is 5.82 Å². The molecular formula is C33H41N3O4. The molecule has 7 heteroatoms. The van der Waals surface area contributed by atoms with Gasteiger partial charge in [-0.3, -0.25) is 4.79 Å². The molecule has 2 aromatic carbocycles. The number of para-hydroxylation sites is 1. The number of ether oxygens (including phenoxy) is 3. The lowest BCUT2D eigenvalue weighted by Gasteiger charge is -2.38. The number of benzene rings is 2. The molecule has 7 nitrogen and oxygen atoms in total. The highest BCUT2D eigenvalue weighted by Gasteiger charge is 2.37. The maximum absolute atomic E-state index is 12.8. The zero-order chi connectivity index (χ0) is 28.3. The van der Waals surface area contributed by atoms with Crippen LogP contribution in [0.25, 0.3) is 11.3 Å². The molecule has 0 bridgehead atoms. The van der Waals surface area contributed by atoms with Crippen LogP contribution < -0.4 is 15.0 Å². The Morgan fingerprint density at radius 3 is 2.73 bits per heavy atom. The van der Waals surface area contributed by atoms with E-state index >= 15 is 0 Å². The number of methoxy groups -OCH3 is 1. The van der Waals surface area contributed by atoms with E-state index < -0.39 is 5.60 Å². The van der Waals surface area contributed by atoms with Crippen molar-refractivity contribution < 1.29 is 19.0 Å². The van der Waals surface area contributed by atoms with Crippen LogP contribution in [0, 0.1) is 12.8 Å². The van der Waals surface area contributed by atoms with E-state index in [0.717, 1.165) is 47.9 Å². The third kappa shape index (κ3) is 6.48. The molecule has 3 heterocycles. The van der Waals surface area contributed by atoms with Gasteiger partial charge >= 0.3 is 5.97 Å². The van der Waals surface area contributed by atoms with Crippen LogP contribution >= 0.6 is 0 Å². The number of nitrogens with one attached hydrogen (secondary N) is 1. The fourth-order valence-corrected chi connectivity index (χ4v) is 5.58. The zero-order valence-electron chi connectivity index (χ0n) is 24.3. The maximum atomic E-state index is 12.8. The monoisotopic (exact) mass is 543 g/mol. The van der Waals surface area contributed by atoms with Gasteiger partial charge in [-0.15, -0.1) is 0 Å². The Hall–Kier alpha value is -3.42. The summed E-state index contributed by atoms with van der Waals surface area (Å²) in [4.78, 5) is 20.1. The number of nitrogens with zero attached hydrogens (tertiary/aromatic N) is 2. The Balaban J connectivity index is 1.33. The van der Waals surface area contributed by atoms with Gasteiger partial charge in [0.15, 0.2) is 0 Å². The van der Waals surface area contributed by atoms with E-state index in [-0.39, 0.29) is 18.0 Å². The van der Waals surface area contributed by atoms with Gasteiger partial charge in [-0.25, -0.2) is 4.98 Å². The molecule has 5 rings (SSSR count). The lowest BCUT2D eigenvalue weighted by molar-refractivity contribution is -0.165. The van der Waals surface area contributed by atoms with Crippen LogP contribution in [-0.4, -0.2) is 49.4 Å². The summed E-state index contributed by atoms with van der Waals surface area (Å²) in [5, 5.41) is 3.43. The van der Waals surface area contributed by atoms with Crippen molar-refractivity contribution in [3.63, 3.8) is 0 Å². The van der Waals surface area contributed by atoms with Gasteiger partial charge < -0.3 is 24.4 Å². The largest absolute Gasteiger partial charge is 0.488 e. The third-order valence-electron chi connectivity index (χ3n) is 7.66. The van der Waals surface area contributed by atoms with Gasteiger partial charge in [0.1, 0.15) is 23.8 Å². The Morgan fingerprint density at radius 1 is 1.10 bits per heavy atom. The second-order valence-corrected chi connectivity index (χ2v) is 11.8. The lowest BCUT2D eigenvalue weighted by Crippen LogP contribution is -2.49. The molecule has 3 aromatic rings. The van der Waals surface area contributed by atoms with E-state index in [9.17, 15) is 4.79 Å². The number of anilines is 1. The predicted molar refractivity (Wildman–Crippen MR) is 158 cm³/mol. The van der Waals surface area contributed by atoms with Crippen LogP contribution in [0.5, 0.6) is 5.75 Å². The molecule has 1 aromatic heterocycles. The molecule has 2 aliphatic heterocycles. The standard InChI is InChI=1S/C33H41N3O4/c1-22-8-6-9-26(31(22)39-21-23-12-13-25-19-34-16-14-24(25)18-23)28-10-7-11-30(35-28)36-17-15-27(29(20-36)38-5)32(37)40-33(2,3)4/h6-13,18,27,29,34H,14-17,19-21H2,1-5H3/t27-,29+/m1/s1. The number of pyridine rings is 1. The van der Waals surface area contributed by atoms with Crippen LogP contribution in [0.15, 0.2) is 54.6 Å². The molecule has 40 heavy (non-hydrogen) atoms. The highest BCUT2D eigenvalue weighted by atomic mass is 16.6. The number of piperidine rings is 1. The second-order valence-electron chi connectivity index (χ2n) is 11.8. The van der Waals surface area contributed by atoms with Crippen molar-refractivity contribution in [2.75, 3.05) is 31.6 Å². The van der Waals surface area contributed by atoms with E-state index in [4.69, 9.17) is 19.2 Å². The number of aromatic nitrogens is 1. The number of esters is 1. The number of carbonyl (C=O) groups excluding carboxylic acids is 1. The van der Waals surface area contributed by atoms with Crippen molar-refractivity contribution in [1.82, 2.24) is 10.3 Å². The van der Waals surface area contributed by atoms with Gasteiger partial charge in [-0.05, 0) is 87.5 Å². The molecule has 0 saturated carbocycles. The highest BCUT2D eigenvalue weighted by Crippen LogP contribution is 2.34. The Kier molecular flexibility index (Phi) is 8.43. The molecule has 0 amide bonds. The molecule has 2 aliphatic rings. The maximum Gasteiger partial charge on any atom is 0.312 e. The smallest absolute Gasteiger partial charge is 0.312 e. The Bertz CT molecular complexity index is 1350. The first-order chi connectivity index (χ1) is 19.2. The van der Waals surface area contributed by atoms with Gasteiger partial charge in [-0.1, -0.05) is 36.4 Å². The van der Waals surface area contributed by atoms with E-state index in [1.807, 2.05) is 45.0 Å². The average molecular weight is 544 g/mol. The van der Waals surface area contributed by atoms with E-state index in [1.165, 1.54) is 16.7 Å². The summed E-state index contributed by atoms with van der Waals surface area (Å²) in [6.07, 6.45) is 1.43. The first-order valence-electron chi connectivity index (χ1n) is 14.2. The fourth-order valence-electron chi connectivity index (χ4n) is 5.58. The van der Waals surface area contributed by atoms with Gasteiger partial charge in [-0.2, -0.15) is 0 Å². The van der Waals surface area contributed by atoms with Gasteiger partial charge in [0.2, 0.25) is 0 Å². The quantitative estimate of drug-likeness (QED) is 0.397. The molecule has 1 saturated heterocycles. The van der Waals surface area contributed by atoms with Crippen molar-refractivity contribution in [3.8, 4) is 17.0 Å². The van der Waals surface area contributed by atoms with Gasteiger partial charge in [0.05, 0.1) is 17.7 Å². The molecule has 1 fully saturated rings. The van der Waals surface area contributed by atoms with Crippen molar-refractivity contribution in [2.24, 2.45) is 5.92 Å². The fraction of sp³-hybridized carbons (Fsp3) is 0.455. The number of hydrogen-bond donors (Lipinski definition) is 1. The number of rotatable bonds is 7. The molecule has 0 aliphatic carbocycles. The summed E-state index contributed by atoms with van der Waals surface area (Å²) < 4.78 is 17.9. The van der Waals surface area contributed by atoms with Gasteiger partial charge in [0, 0.05) is 32.3 Å². The molecule has 0 spiro atoms. The zero-order valence-corrected chi connectivity index (χ0v) is 24.3. The van der Waals surface area contributed by atoms with Crippen molar-refractivity contribution in [1.29, 1.82) is 0 Å². The number of hydrogen-bond acceptors (Lipinski definition) is 7. The number of carbonyl (C=O) groups is 1.